The SMILES string of the molecule is Cc1cccc(I)c1-c1c(C)cccc1I. The molecule has 0 fully saturated rings. The molecule has 16 heavy (non-hydrogen) atoms. The van der Waals surface area contributed by atoms with Gasteiger partial charge in [-0.1, -0.05) is 24.3 Å². The van der Waals surface area contributed by atoms with Crippen molar-refractivity contribution >= 4 is 45.2 Å². The Balaban J connectivity index is 2.77. The van der Waals surface area contributed by atoms with Crippen molar-refractivity contribution in [2.24, 2.45) is 0 Å². The van der Waals surface area contributed by atoms with Gasteiger partial charge in [-0.3, -0.25) is 0 Å². The summed E-state index contributed by atoms with van der Waals surface area (Å²) in [6.45, 7) is 4.36. The smallest absolute Gasteiger partial charge is 0.0211 e. The molecule has 0 nitrogen and oxygen atoms in total. The predicted octanol–water partition coefficient (Wildman–Crippen LogP) is 5.18. The Morgan fingerprint density at radius 1 is 0.688 bits per heavy atom. The number of hydrogen-bond donors (Lipinski definition) is 0. The molecule has 0 saturated carbocycles. The van der Waals surface area contributed by atoms with Crippen LogP contribution in [0.2, 0.25) is 0 Å². The first kappa shape index (κ1) is 12.4. The molecule has 0 bridgehead atoms. The fraction of sp³-hybridized carbons (Fsp3) is 0.143. The van der Waals surface area contributed by atoms with Gasteiger partial charge in [0.1, 0.15) is 0 Å². The van der Waals surface area contributed by atoms with Crippen molar-refractivity contribution in [3.63, 3.8) is 0 Å². The summed E-state index contributed by atoms with van der Waals surface area (Å²) in [4.78, 5) is 0. The maximum absolute atomic E-state index is 2.42. The van der Waals surface area contributed by atoms with E-state index in [0.717, 1.165) is 0 Å². The lowest BCUT2D eigenvalue weighted by atomic mass is 9.97. The number of halogens is 2. The summed E-state index contributed by atoms with van der Waals surface area (Å²) in [5, 5.41) is 0. The number of hydrogen-bond acceptors (Lipinski definition) is 0. The molecule has 0 radical (unpaired) electrons. The Labute approximate surface area is 124 Å². The van der Waals surface area contributed by atoms with E-state index in [9.17, 15) is 0 Å². The molecule has 0 amide bonds. The van der Waals surface area contributed by atoms with Crippen LogP contribution in [0.5, 0.6) is 0 Å². The quantitative estimate of drug-likeness (QED) is 0.543. The molecule has 2 rings (SSSR count). The second-order valence-electron chi connectivity index (χ2n) is 3.86. The Kier molecular flexibility index (Phi) is 3.89. The van der Waals surface area contributed by atoms with Crippen molar-refractivity contribution in [3.05, 3.63) is 54.7 Å². The van der Waals surface area contributed by atoms with Gasteiger partial charge in [0.05, 0.1) is 0 Å². The third-order valence-electron chi connectivity index (χ3n) is 2.69. The minimum absolute atomic E-state index is 1.32. The van der Waals surface area contributed by atoms with Crippen LogP contribution in [0.1, 0.15) is 11.1 Å². The average Bonchev–Trinajstić information content (AvgIpc) is 2.21. The monoisotopic (exact) mass is 434 g/mol. The van der Waals surface area contributed by atoms with Gasteiger partial charge in [-0.25, -0.2) is 0 Å². The van der Waals surface area contributed by atoms with Gasteiger partial charge < -0.3 is 0 Å². The molecule has 0 aliphatic carbocycles. The van der Waals surface area contributed by atoms with Crippen LogP contribution in [0.3, 0.4) is 0 Å². The predicted molar refractivity (Wildman–Crippen MR) is 86.8 cm³/mol. The number of rotatable bonds is 1. The van der Waals surface area contributed by atoms with Crippen LogP contribution < -0.4 is 0 Å². The van der Waals surface area contributed by atoms with Gasteiger partial charge in [-0.05, 0) is 93.4 Å². The summed E-state index contributed by atoms with van der Waals surface area (Å²) in [6.07, 6.45) is 0. The van der Waals surface area contributed by atoms with Crippen molar-refractivity contribution in [3.8, 4) is 11.1 Å². The average molecular weight is 434 g/mol. The second kappa shape index (κ2) is 5.04. The largest absolute Gasteiger partial charge is 0.0609 e. The first-order valence-electron chi connectivity index (χ1n) is 5.12. The zero-order valence-corrected chi connectivity index (χ0v) is 13.5. The lowest BCUT2D eigenvalue weighted by Crippen LogP contribution is -1.93. The molecule has 0 atom stereocenters. The van der Waals surface area contributed by atoms with Crippen LogP contribution in [0.25, 0.3) is 11.1 Å². The molecule has 0 aromatic heterocycles. The van der Waals surface area contributed by atoms with E-state index in [2.05, 4.69) is 95.4 Å². The zero-order chi connectivity index (χ0) is 11.7. The highest BCUT2D eigenvalue weighted by Crippen LogP contribution is 2.34. The summed E-state index contributed by atoms with van der Waals surface area (Å²) in [6, 6.07) is 12.9. The van der Waals surface area contributed by atoms with Gasteiger partial charge in [0.2, 0.25) is 0 Å². The topological polar surface area (TPSA) is 0 Å². The van der Waals surface area contributed by atoms with Crippen molar-refractivity contribution in [2.75, 3.05) is 0 Å². The molecule has 0 aliphatic rings. The van der Waals surface area contributed by atoms with E-state index in [1.807, 2.05) is 0 Å². The number of aryl methyl sites for hydroxylation is 2. The summed E-state index contributed by atoms with van der Waals surface area (Å²) < 4.78 is 2.65. The van der Waals surface area contributed by atoms with Crippen molar-refractivity contribution in [2.45, 2.75) is 13.8 Å². The van der Waals surface area contributed by atoms with Crippen molar-refractivity contribution in [1.29, 1.82) is 0 Å². The minimum atomic E-state index is 1.32. The molecule has 0 saturated heterocycles. The van der Waals surface area contributed by atoms with Gasteiger partial charge >= 0.3 is 0 Å². The van der Waals surface area contributed by atoms with Gasteiger partial charge in [-0.2, -0.15) is 0 Å². The van der Waals surface area contributed by atoms with E-state index in [0.29, 0.717) is 0 Å². The molecule has 2 aromatic rings. The molecule has 0 spiro atoms. The molecule has 2 aromatic carbocycles. The van der Waals surface area contributed by atoms with Gasteiger partial charge in [0.25, 0.3) is 0 Å². The van der Waals surface area contributed by atoms with Crippen molar-refractivity contribution < 1.29 is 0 Å². The van der Waals surface area contributed by atoms with Crippen LogP contribution >= 0.6 is 45.2 Å². The lowest BCUT2D eigenvalue weighted by molar-refractivity contribution is 1.38. The fourth-order valence-corrected chi connectivity index (χ4v) is 3.70. The summed E-state index contributed by atoms with van der Waals surface area (Å²) in [7, 11) is 0. The summed E-state index contributed by atoms with van der Waals surface area (Å²) >= 11 is 4.84. The van der Waals surface area contributed by atoms with Crippen LogP contribution in [0.15, 0.2) is 36.4 Å². The molecule has 0 N–H and O–H groups in total. The lowest BCUT2D eigenvalue weighted by Gasteiger charge is -2.13. The Morgan fingerprint density at radius 2 is 1.06 bits per heavy atom. The molecular weight excluding hydrogens is 422 g/mol. The fourth-order valence-electron chi connectivity index (χ4n) is 1.90. The molecule has 0 heterocycles. The Hall–Kier alpha value is -0.100. The Morgan fingerprint density at radius 3 is 1.38 bits per heavy atom. The zero-order valence-electron chi connectivity index (χ0n) is 9.22. The Bertz CT molecular complexity index is 440. The molecule has 0 unspecified atom stereocenters. The molecular formula is C14H12I2. The summed E-state index contributed by atoms with van der Waals surface area (Å²) in [5.74, 6) is 0. The van der Waals surface area contributed by atoms with Gasteiger partial charge in [0, 0.05) is 7.14 Å². The molecule has 82 valence electrons. The van der Waals surface area contributed by atoms with Crippen molar-refractivity contribution in [1.82, 2.24) is 0 Å². The third-order valence-corrected chi connectivity index (χ3v) is 4.49. The van der Waals surface area contributed by atoms with Gasteiger partial charge in [0.15, 0.2) is 0 Å². The van der Waals surface area contributed by atoms with E-state index in [-0.39, 0.29) is 0 Å². The van der Waals surface area contributed by atoms with E-state index in [1.54, 1.807) is 0 Å². The van der Waals surface area contributed by atoms with E-state index >= 15 is 0 Å². The minimum Gasteiger partial charge on any atom is -0.0609 e. The summed E-state index contributed by atoms with van der Waals surface area (Å²) in [5.41, 5.74) is 5.45. The first-order valence-corrected chi connectivity index (χ1v) is 7.27. The maximum atomic E-state index is 2.42. The van der Waals surface area contributed by atoms with Crippen LogP contribution in [-0.4, -0.2) is 0 Å². The van der Waals surface area contributed by atoms with Gasteiger partial charge in [-0.15, -0.1) is 0 Å². The van der Waals surface area contributed by atoms with Crippen LogP contribution in [-0.2, 0) is 0 Å². The maximum Gasteiger partial charge on any atom is 0.0211 e. The highest BCUT2D eigenvalue weighted by molar-refractivity contribution is 14.1. The normalized spacial score (nSPS) is 10.5. The standard InChI is InChI=1S/C14H12I2/c1-9-5-3-7-11(15)13(9)14-10(2)6-4-8-12(14)16/h3-8H,1-2H3. The van der Waals surface area contributed by atoms with E-state index < -0.39 is 0 Å². The van der Waals surface area contributed by atoms with Crippen LogP contribution in [0, 0.1) is 21.0 Å². The number of benzene rings is 2. The highest BCUT2D eigenvalue weighted by atomic mass is 127. The molecule has 0 aliphatic heterocycles. The van der Waals surface area contributed by atoms with E-state index in [4.69, 9.17) is 0 Å². The highest BCUT2D eigenvalue weighted by Gasteiger charge is 2.11. The third kappa shape index (κ3) is 2.27. The molecule has 2 heteroatoms. The van der Waals surface area contributed by atoms with E-state index in [1.165, 1.54) is 29.4 Å². The first-order chi connectivity index (χ1) is 7.61. The van der Waals surface area contributed by atoms with Crippen LogP contribution in [0.4, 0.5) is 0 Å². The second-order valence-corrected chi connectivity index (χ2v) is 6.19.